The summed E-state index contributed by atoms with van der Waals surface area (Å²) in [7, 11) is 1.48. The van der Waals surface area contributed by atoms with E-state index < -0.39 is 6.10 Å². The second-order valence-corrected chi connectivity index (χ2v) is 2.61. The van der Waals surface area contributed by atoms with E-state index in [9.17, 15) is 5.11 Å². The molecule has 0 radical (unpaired) electrons. The molecule has 0 aliphatic heterocycles. The molecule has 0 amide bonds. The number of aliphatic hydroxyl groups excluding tert-OH is 1. The minimum Gasteiger partial charge on any atom is -0.508 e. The number of hydrogen-bond donors (Lipinski definition) is 2. The van der Waals surface area contributed by atoms with Crippen LogP contribution in [0.15, 0.2) is 30.9 Å². The molecule has 1 unspecified atom stereocenters. The summed E-state index contributed by atoms with van der Waals surface area (Å²) in [6, 6.07) is 4.53. The maximum Gasteiger partial charge on any atom is 0.128 e. The van der Waals surface area contributed by atoms with Gasteiger partial charge in [-0.3, -0.25) is 0 Å². The predicted molar refractivity (Wildman–Crippen MR) is 49.8 cm³/mol. The van der Waals surface area contributed by atoms with Crippen molar-refractivity contribution < 1.29 is 14.9 Å². The Morgan fingerprint density at radius 2 is 2.23 bits per heavy atom. The zero-order chi connectivity index (χ0) is 9.84. The quantitative estimate of drug-likeness (QED) is 0.695. The van der Waals surface area contributed by atoms with Gasteiger partial charge >= 0.3 is 0 Å². The molecule has 0 aromatic heterocycles. The second-order valence-electron chi connectivity index (χ2n) is 2.61. The lowest BCUT2D eigenvalue weighted by atomic mass is 10.1. The monoisotopic (exact) mass is 180 g/mol. The topological polar surface area (TPSA) is 49.7 Å². The Kier molecular flexibility index (Phi) is 2.93. The SMILES string of the molecule is C=CC(O)c1ccc(O)cc1OC. The van der Waals surface area contributed by atoms with Crippen molar-refractivity contribution in [3.05, 3.63) is 36.4 Å². The number of phenolic OH excluding ortho intramolecular Hbond substituents is 1. The number of methoxy groups -OCH3 is 1. The minimum absolute atomic E-state index is 0.108. The van der Waals surface area contributed by atoms with E-state index in [1.54, 1.807) is 6.07 Å². The Labute approximate surface area is 76.9 Å². The average molecular weight is 180 g/mol. The first-order valence-electron chi connectivity index (χ1n) is 3.86. The van der Waals surface area contributed by atoms with Crippen molar-refractivity contribution in [2.45, 2.75) is 6.10 Å². The van der Waals surface area contributed by atoms with Crippen molar-refractivity contribution in [3.63, 3.8) is 0 Å². The van der Waals surface area contributed by atoms with Crippen molar-refractivity contribution in [2.75, 3.05) is 7.11 Å². The van der Waals surface area contributed by atoms with Crippen molar-refractivity contribution in [2.24, 2.45) is 0 Å². The van der Waals surface area contributed by atoms with Gasteiger partial charge in [-0.1, -0.05) is 6.08 Å². The van der Waals surface area contributed by atoms with E-state index in [1.165, 1.54) is 25.3 Å². The van der Waals surface area contributed by atoms with Crippen molar-refractivity contribution in [1.29, 1.82) is 0 Å². The van der Waals surface area contributed by atoms with Crippen molar-refractivity contribution in [1.82, 2.24) is 0 Å². The van der Waals surface area contributed by atoms with Crippen LogP contribution in [-0.2, 0) is 0 Å². The summed E-state index contributed by atoms with van der Waals surface area (Å²) >= 11 is 0. The number of benzene rings is 1. The molecule has 1 rings (SSSR count). The summed E-state index contributed by atoms with van der Waals surface area (Å²) in [4.78, 5) is 0. The highest BCUT2D eigenvalue weighted by Gasteiger charge is 2.09. The Hall–Kier alpha value is -1.48. The van der Waals surface area contributed by atoms with E-state index >= 15 is 0 Å². The fourth-order valence-electron chi connectivity index (χ4n) is 1.07. The first kappa shape index (κ1) is 9.61. The zero-order valence-electron chi connectivity index (χ0n) is 7.40. The van der Waals surface area contributed by atoms with Gasteiger partial charge in [0.1, 0.15) is 17.6 Å². The fourth-order valence-corrected chi connectivity index (χ4v) is 1.07. The number of phenols is 1. The Balaban J connectivity index is 3.12. The van der Waals surface area contributed by atoms with Gasteiger partial charge in [0.15, 0.2) is 0 Å². The lowest BCUT2D eigenvalue weighted by molar-refractivity contribution is 0.223. The van der Waals surface area contributed by atoms with Gasteiger partial charge < -0.3 is 14.9 Å². The molecule has 70 valence electrons. The van der Waals surface area contributed by atoms with Crippen LogP contribution in [0.4, 0.5) is 0 Å². The summed E-state index contributed by atoms with van der Waals surface area (Å²) < 4.78 is 4.98. The average Bonchev–Trinajstić information content (AvgIpc) is 2.16. The van der Waals surface area contributed by atoms with Crippen LogP contribution in [-0.4, -0.2) is 17.3 Å². The van der Waals surface area contributed by atoms with Crippen molar-refractivity contribution in [3.8, 4) is 11.5 Å². The molecule has 0 heterocycles. The van der Waals surface area contributed by atoms with Gasteiger partial charge in [0.05, 0.1) is 7.11 Å². The number of rotatable bonds is 3. The van der Waals surface area contributed by atoms with Crippen LogP contribution in [0.5, 0.6) is 11.5 Å². The maximum absolute atomic E-state index is 9.45. The van der Waals surface area contributed by atoms with Crippen LogP contribution in [0, 0.1) is 0 Å². The van der Waals surface area contributed by atoms with Gasteiger partial charge in [-0.2, -0.15) is 0 Å². The molecular weight excluding hydrogens is 168 g/mol. The number of aromatic hydroxyl groups is 1. The molecule has 2 N–H and O–H groups in total. The minimum atomic E-state index is -0.768. The second kappa shape index (κ2) is 3.96. The van der Waals surface area contributed by atoms with Crippen LogP contribution in [0.25, 0.3) is 0 Å². The molecule has 0 bridgehead atoms. The van der Waals surface area contributed by atoms with E-state index in [4.69, 9.17) is 9.84 Å². The third-order valence-corrected chi connectivity index (χ3v) is 1.76. The van der Waals surface area contributed by atoms with Gasteiger partial charge in [-0.15, -0.1) is 6.58 Å². The number of hydrogen-bond acceptors (Lipinski definition) is 3. The summed E-state index contributed by atoms with van der Waals surface area (Å²) in [5, 5.41) is 18.6. The highest BCUT2D eigenvalue weighted by atomic mass is 16.5. The van der Waals surface area contributed by atoms with Gasteiger partial charge in [-0.25, -0.2) is 0 Å². The Morgan fingerprint density at radius 3 is 2.77 bits per heavy atom. The van der Waals surface area contributed by atoms with E-state index in [-0.39, 0.29) is 5.75 Å². The first-order chi connectivity index (χ1) is 6.19. The van der Waals surface area contributed by atoms with Crippen molar-refractivity contribution >= 4 is 0 Å². The normalized spacial score (nSPS) is 12.2. The van der Waals surface area contributed by atoms with Crippen LogP contribution >= 0.6 is 0 Å². The van der Waals surface area contributed by atoms with Gasteiger partial charge in [0, 0.05) is 11.6 Å². The number of ether oxygens (including phenoxy) is 1. The molecule has 0 aliphatic rings. The molecule has 1 aromatic carbocycles. The van der Waals surface area contributed by atoms with Gasteiger partial charge in [-0.05, 0) is 12.1 Å². The first-order valence-corrected chi connectivity index (χ1v) is 3.86. The van der Waals surface area contributed by atoms with Crippen LogP contribution < -0.4 is 4.74 Å². The summed E-state index contributed by atoms with van der Waals surface area (Å²) in [5.41, 5.74) is 0.593. The predicted octanol–water partition coefficient (Wildman–Crippen LogP) is 1.62. The molecule has 13 heavy (non-hydrogen) atoms. The summed E-state index contributed by atoms with van der Waals surface area (Å²) in [5.74, 6) is 0.560. The largest absolute Gasteiger partial charge is 0.508 e. The van der Waals surface area contributed by atoms with E-state index in [2.05, 4.69) is 6.58 Å². The lowest BCUT2D eigenvalue weighted by Gasteiger charge is -2.11. The molecule has 0 fully saturated rings. The Morgan fingerprint density at radius 1 is 1.54 bits per heavy atom. The molecule has 3 nitrogen and oxygen atoms in total. The highest BCUT2D eigenvalue weighted by molar-refractivity contribution is 5.42. The molecule has 0 saturated heterocycles. The van der Waals surface area contributed by atoms with Gasteiger partial charge in [0.2, 0.25) is 0 Å². The molecule has 0 spiro atoms. The maximum atomic E-state index is 9.45. The molecule has 0 aliphatic carbocycles. The number of aliphatic hydroxyl groups is 1. The molecule has 1 aromatic rings. The van der Waals surface area contributed by atoms with E-state index in [0.29, 0.717) is 11.3 Å². The zero-order valence-corrected chi connectivity index (χ0v) is 7.40. The third kappa shape index (κ3) is 2.00. The molecular formula is C10H12O3. The summed E-state index contributed by atoms with van der Waals surface area (Å²) in [6.07, 6.45) is 0.630. The summed E-state index contributed by atoms with van der Waals surface area (Å²) in [6.45, 7) is 3.47. The standard InChI is InChI=1S/C10H12O3/c1-3-9(12)8-5-4-7(11)6-10(8)13-2/h3-6,9,11-12H,1H2,2H3. The van der Waals surface area contributed by atoms with Gasteiger partial charge in [0.25, 0.3) is 0 Å². The lowest BCUT2D eigenvalue weighted by Crippen LogP contribution is -1.96. The van der Waals surface area contributed by atoms with Crippen LogP contribution in [0.2, 0.25) is 0 Å². The fraction of sp³-hybridized carbons (Fsp3) is 0.200. The Bertz CT molecular complexity index is 307. The molecule has 0 saturated carbocycles. The van der Waals surface area contributed by atoms with E-state index in [1.807, 2.05) is 0 Å². The smallest absolute Gasteiger partial charge is 0.128 e. The third-order valence-electron chi connectivity index (χ3n) is 1.76. The van der Waals surface area contributed by atoms with Crippen LogP contribution in [0.3, 0.4) is 0 Å². The molecule has 3 heteroatoms. The highest BCUT2D eigenvalue weighted by Crippen LogP contribution is 2.29. The van der Waals surface area contributed by atoms with Crippen LogP contribution in [0.1, 0.15) is 11.7 Å². The molecule has 1 atom stereocenters. The van der Waals surface area contributed by atoms with E-state index in [0.717, 1.165) is 0 Å².